The van der Waals surface area contributed by atoms with Gasteiger partial charge >= 0.3 is 6.18 Å². The fraction of sp³-hybridized carbons (Fsp3) is 0.650. The van der Waals surface area contributed by atoms with Gasteiger partial charge in [0.15, 0.2) is 12.6 Å². The van der Waals surface area contributed by atoms with Crippen LogP contribution in [-0.2, 0) is 16.0 Å². The topological polar surface area (TPSA) is 64.1 Å². The normalized spacial score (nSPS) is 17.4. The Morgan fingerprint density at radius 1 is 1.31 bits per heavy atom. The second-order valence-corrected chi connectivity index (χ2v) is 6.74. The van der Waals surface area contributed by atoms with E-state index in [1.807, 2.05) is 6.92 Å². The summed E-state index contributed by atoms with van der Waals surface area (Å²) >= 11 is 0. The minimum Gasteiger partial charge on any atom is -0.484 e. The van der Waals surface area contributed by atoms with E-state index >= 15 is 0 Å². The van der Waals surface area contributed by atoms with E-state index < -0.39 is 12.8 Å². The Morgan fingerprint density at radius 2 is 2.17 bits per heavy atom. The van der Waals surface area contributed by atoms with Gasteiger partial charge < -0.3 is 24.8 Å². The maximum Gasteiger partial charge on any atom is 0.422 e. The maximum absolute atomic E-state index is 12.3. The number of aliphatic imine (C=N–C) groups is 1. The molecule has 164 valence electrons. The van der Waals surface area contributed by atoms with Crippen LogP contribution in [0.4, 0.5) is 13.2 Å². The number of rotatable bonds is 11. The second kappa shape index (κ2) is 12.5. The molecule has 1 aromatic rings. The van der Waals surface area contributed by atoms with Crippen molar-refractivity contribution >= 4 is 5.96 Å². The van der Waals surface area contributed by atoms with Crippen molar-refractivity contribution in [2.45, 2.75) is 45.0 Å². The molecule has 0 radical (unpaired) electrons. The number of benzene rings is 1. The number of nitrogens with one attached hydrogen (secondary N) is 2. The van der Waals surface area contributed by atoms with E-state index in [9.17, 15) is 13.2 Å². The number of alkyl halides is 3. The quantitative estimate of drug-likeness (QED) is 0.329. The van der Waals surface area contributed by atoms with Gasteiger partial charge in [0.05, 0.1) is 19.3 Å². The monoisotopic (exact) mass is 417 g/mol. The van der Waals surface area contributed by atoms with Crippen molar-refractivity contribution in [3.05, 3.63) is 29.8 Å². The zero-order valence-corrected chi connectivity index (χ0v) is 16.8. The summed E-state index contributed by atoms with van der Waals surface area (Å²) in [5.41, 5.74) is 0.766. The molecular formula is C20H30F3N3O3. The molecule has 1 saturated heterocycles. The lowest BCUT2D eigenvalue weighted by Crippen LogP contribution is -2.38. The Kier molecular flexibility index (Phi) is 10.1. The van der Waals surface area contributed by atoms with Gasteiger partial charge in [-0.2, -0.15) is 13.2 Å². The van der Waals surface area contributed by atoms with Crippen LogP contribution in [0.3, 0.4) is 0 Å². The molecule has 2 N–H and O–H groups in total. The predicted octanol–water partition coefficient (Wildman–Crippen LogP) is 3.27. The minimum atomic E-state index is -4.36. The summed E-state index contributed by atoms with van der Waals surface area (Å²) < 4.78 is 52.7. The summed E-state index contributed by atoms with van der Waals surface area (Å²) in [5.74, 6) is 0.824. The summed E-state index contributed by atoms with van der Waals surface area (Å²) in [4.78, 5) is 4.47. The van der Waals surface area contributed by atoms with E-state index in [0.29, 0.717) is 38.8 Å². The first-order valence-electron chi connectivity index (χ1n) is 9.96. The first-order chi connectivity index (χ1) is 14.0. The molecule has 9 heteroatoms. The van der Waals surface area contributed by atoms with E-state index in [0.717, 1.165) is 31.4 Å². The third kappa shape index (κ3) is 10.4. The SMILES string of the molecule is CCNC(=NCc1cccc(OCC(F)(F)F)c1)NCCCOCC1CCCO1. The van der Waals surface area contributed by atoms with Crippen LogP contribution in [-0.4, -0.2) is 57.8 Å². The van der Waals surface area contributed by atoms with Crippen molar-refractivity contribution in [2.75, 3.05) is 39.5 Å². The van der Waals surface area contributed by atoms with Crippen LogP contribution in [0.1, 0.15) is 31.7 Å². The molecule has 1 aliphatic heterocycles. The molecule has 0 aromatic heterocycles. The van der Waals surface area contributed by atoms with Crippen molar-refractivity contribution in [3.63, 3.8) is 0 Å². The molecule has 0 amide bonds. The molecule has 29 heavy (non-hydrogen) atoms. The number of hydrogen-bond donors (Lipinski definition) is 2. The molecule has 1 atom stereocenters. The molecular weight excluding hydrogens is 387 g/mol. The van der Waals surface area contributed by atoms with Gasteiger partial charge in [-0.25, -0.2) is 4.99 Å². The summed E-state index contributed by atoms with van der Waals surface area (Å²) in [6, 6.07) is 6.52. The molecule has 0 spiro atoms. The molecule has 6 nitrogen and oxygen atoms in total. The van der Waals surface area contributed by atoms with Gasteiger partial charge in [0.2, 0.25) is 0 Å². The number of ether oxygens (including phenoxy) is 3. The molecule has 2 rings (SSSR count). The first kappa shape index (κ1) is 23.3. The fourth-order valence-corrected chi connectivity index (χ4v) is 2.78. The zero-order chi connectivity index (χ0) is 21.0. The Morgan fingerprint density at radius 3 is 2.90 bits per heavy atom. The van der Waals surface area contributed by atoms with Crippen LogP contribution in [0.2, 0.25) is 0 Å². The number of halogens is 3. The Labute approximate surface area is 169 Å². The summed E-state index contributed by atoms with van der Waals surface area (Å²) in [6.07, 6.45) is -1.12. The largest absolute Gasteiger partial charge is 0.484 e. The summed E-state index contributed by atoms with van der Waals surface area (Å²) in [6.45, 7) is 4.50. The highest BCUT2D eigenvalue weighted by atomic mass is 19.4. The van der Waals surface area contributed by atoms with Crippen molar-refractivity contribution < 1.29 is 27.4 Å². The summed E-state index contributed by atoms with van der Waals surface area (Å²) in [5, 5.41) is 6.37. The molecule has 0 bridgehead atoms. The molecule has 1 fully saturated rings. The van der Waals surface area contributed by atoms with Crippen LogP contribution in [0.5, 0.6) is 5.75 Å². The highest BCUT2D eigenvalue weighted by Gasteiger charge is 2.28. The predicted molar refractivity (Wildman–Crippen MR) is 105 cm³/mol. The molecule has 1 heterocycles. The highest BCUT2D eigenvalue weighted by Crippen LogP contribution is 2.19. The Balaban J connectivity index is 1.71. The van der Waals surface area contributed by atoms with Gasteiger partial charge in [-0.05, 0) is 43.9 Å². The standard InChI is InChI=1S/C20H30F3N3O3/c1-2-24-19(25-9-5-10-27-14-18-8-4-11-28-18)26-13-16-6-3-7-17(12-16)29-15-20(21,22)23/h3,6-7,12,18H,2,4-5,8-11,13-15H2,1H3,(H2,24,25,26). The third-order valence-electron chi connectivity index (χ3n) is 4.15. The molecule has 1 aliphatic rings. The minimum absolute atomic E-state index is 0.177. The van der Waals surface area contributed by atoms with Crippen molar-refractivity contribution in [1.29, 1.82) is 0 Å². The van der Waals surface area contributed by atoms with Crippen molar-refractivity contribution in [3.8, 4) is 5.75 Å². The highest BCUT2D eigenvalue weighted by molar-refractivity contribution is 5.79. The van der Waals surface area contributed by atoms with Gasteiger partial charge in [-0.3, -0.25) is 0 Å². The Hall–Kier alpha value is -2.00. The van der Waals surface area contributed by atoms with E-state index in [4.69, 9.17) is 14.2 Å². The lowest BCUT2D eigenvalue weighted by Gasteiger charge is -2.13. The average Bonchev–Trinajstić information content (AvgIpc) is 3.20. The van der Waals surface area contributed by atoms with Gasteiger partial charge in [0, 0.05) is 26.3 Å². The van der Waals surface area contributed by atoms with Crippen LogP contribution in [0, 0.1) is 0 Å². The first-order valence-corrected chi connectivity index (χ1v) is 9.96. The van der Waals surface area contributed by atoms with Crippen molar-refractivity contribution in [2.24, 2.45) is 4.99 Å². The zero-order valence-electron chi connectivity index (χ0n) is 16.8. The van der Waals surface area contributed by atoms with E-state index in [1.54, 1.807) is 18.2 Å². The fourth-order valence-electron chi connectivity index (χ4n) is 2.78. The van der Waals surface area contributed by atoms with Gasteiger partial charge in [-0.1, -0.05) is 12.1 Å². The van der Waals surface area contributed by atoms with Gasteiger partial charge in [0.25, 0.3) is 0 Å². The number of guanidine groups is 1. The lowest BCUT2D eigenvalue weighted by molar-refractivity contribution is -0.153. The van der Waals surface area contributed by atoms with Gasteiger partial charge in [-0.15, -0.1) is 0 Å². The van der Waals surface area contributed by atoms with Crippen LogP contribution in [0.25, 0.3) is 0 Å². The average molecular weight is 417 g/mol. The van der Waals surface area contributed by atoms with Crippen molar-refractivity contribution in [1.82, 2.24) is 10.6 Å². The van der Waals surface area contributed by atoms with E-state index in [-0.39, 0.29) is 11.9 Å². The van der Waals surface area contributed by atoms with E-state index in [2.05, 4.69) is 15.6 Å². The Bertz CT molecular complexity index is 620. The molecule has 0 aliphatic carbocycles. The summed E-state index contributed by atoms with van der Waals surface area (Å²) in [7, 11) is 0. The molecule has 1 aromatic carbocycles. The van der Waals surface area contributed by atoms with Crippen LogP contribution in [0.15, 0.2) is 29.3 Å². The third-order valence-corrected chi connectivity index (χ3v) is 4.15. The second-order valence-electron chi connectivity index (χ2n) is 6.74. The maximum atomic E-state index is 12.3. The molecule has 0 saturated carbocycles. The lowest BCUT2D eigenvalue weighted by atomic mass is 10.2. The number of nitrogens with zero attached hydrogens (tertiary/aromatic N) is 1. The smallest absolute Gasteiger partial charge is 0.422 e. The number of hydrogen-bond acceptors (Lipinski definition) is 4. The van der Waals surface area contributed by atoms with Gasteiger partial charge in [0.1, 0.15) is 5.75 Å². The molecule has 1 unspecified atom stereocenters. The van der Waals surface area contributed by atoms with E-state index in [1.165, 1.54) is 6.07 Å². The van der Waals surface area contributed by atoms with Crippen LogP contribution >= 0.6 is 0 Å². The van der Waals surface area contributed by atoms with Crippen LogP contribution < -0.4 is 15.4 Å².